The summed E-state index contributed by atoms with van der Waals surface area (Å²) >= 11 is 0. The second-order valence-corrected chi connectivity index (χ2v) is 5.73. The minimum Gasteiger partial charge on any atom is -0.207 e. The Kier molecular flexibility index (Phi) is 3.45. The largest absolute Gasteiger partial charge is 0.240 e. The molecule has 0 atom stereocenters. The van der Waals surface area contributed by atoms with Crippen molar-refractivity contribution in [1.29, 1.82) is 5.26 Å². The highest BCUT2D eigenvalue weighted by Gasteiger charge is 2.21. The molecular formula is C12H11FN2O2S. The zero-order valence-corrected chi connectivity index (χ0v) is 10.2. The van der Waals surface area contributed by atoms with Crippen LogP contribution in [0.1, 0.15) is 18.4 Å². The standard InChI is InChI=1S/C12H11FN2O2S/c13-12-6-5-11(7-9(12)8-14)18(16,17)15-10-3-1-2-4-10/h1-2,5-7,10,15H,3-4H2. The van der Waals surface area contributed by atoms with E-state index >= 15 is 0 Å². The van der Waals surface area contributed by atoms with Gasteiger partial charge in [0.15, 0.2) is 0 Å². The van der Waals surface area contributed by atoms with Crippen LogP contribution in [0.4, 0.5) is 4.39 Å². The van der Waals surface area contributed by atoms with Crippen LogP contribution < -0.4 is 4.72 Å². The van der Waals surface area contributed by atoms with E-state index < -0.39 is 15.8 Å². The van der Waals surface area contributed by atoms with Crippen molar-refractivity contribution in [2.45, 2.75) is 23.8 Å². The zero-order chi connectivity index (χ0) is 13.2. The minimum atomic E-state index is -3.70. The highest BCUT2D eigenvalue weighted by Crippen LogP contribution is 2.17. The summed E-state index contributed by atoms with van der Waals surface area (Å²) in [7, 11) is -3.70. The highest BCUT2D eigenvalue weighted by molar-refractivity contribution is 7.89. The van der Waals surface area contributed by atoms with Gasteiger partial charge in [-0.2, -0.15) is 5.26 Å². The summed E-state index contributed by atoms with van der Waals surface area (Å²) in [6.07, 6.45) is 5.09. The first-order valence-electron chi connectivity index (χ1n) is 5.40. The van der Waals surface area contributed by atoms with Gasteiger partial charge in [-0.25, -0.2) is 17.5 Å². The maximum atomic E-state index is 13.1. The first-order valence-corrected chi connectivity index (χ1v) is 6.88. The fourth-order valence-electron chi connectivity index (χ4n) is 1.76. The number of sulfonamides is 1. The van der Waals surface area contributed by atoms with E-state index in [0.29, 0.717) is 12.8 Å². The predicted molar refractivity (Wildman–Crippen MR) is 63.6 cm³/mol. The van der Waals surface area contributed by atoms with Gasteiger partial charge in [-0.1, -0.05) is 12.2 Å². The molecule has 2 rings (SSSR count). The molecule has 18 heavy (non-hydrogen) atoms. The molecule has 1 aliphatic carbocycles. The van der Waals surface area contributed by atoms with Gasteiger partial charge >= 0.3 is 0 Å². The van der Waals surface area contributed by atoms with Gasteiger partial charge in [-0.15, -0.1) is 0 Å². The fourth-order valence-corrected chi connectivity index (χ4v) is 3.05. The second-order valence-electron chi connectivity index (χ2n) is 4.01. The normalized spacial score (nSPS) is 15.8. The van der Waals surface area contributed by atoms with Gasteiger partial charge in [0, 0.05) is 6.04 Å². The van der Waals surface area contributed by atoms with E-state index in [9.17, 15) is 12.8 Å². The molecule has 4 nitrogen and oxygen atoms in total. The molecule has 0 spiro atoms. The van der Waals surface area contributed by atoms with Gasteiger partial charge in [-0.3, -0.25) is 0 Å². The molecular weight excluding hydrogens is 255 g/mol. The molecule has 0 radical (unpaired) electrons. The number of hydrogen-bond donors (Lipinski definition) is 1. The lowest BCUT2D eigenvalue weighted by Gasteiger charge is -2.12. The molecule has 0 saturated carbocycles. The fraction of sp³-hybridized carbons (Fsp3) is 0.250. The van der Waals surface area contributed by atoms with Gasteiger partial charge in [-0.05, 0) is 31.0 Å². The Morgan fingerprint density at radius 1 is 1.33 bits per heavy atom. The summed E-state index contributed by atoms with van der Waals surface area (Å²) in [5, 5.41) is 8.68. The van der Waals surface area contributed by atoms with Gasteiger partial charge in [0.1, 0.15) is 11.9 Å². The minimum absolute atomic E-state index is 0.0904. The molecule has 94 valence electrons. The van der Waals surface area contributed by atoms with E-state index in [1.54, 1.807) is 6.07 Å². The molecule has 0 bridgehead atoms. The molecule has 0 amide bonds. The lowest BCUT2D eigenvalue weighted by Crippen LogP contribution is -2.32. The Morgan fingerprint density at radius 3 is 2.61 bits per heavy atom. The molecule has 1 aliphatic rings. The molecule has 0 heterocycles. The van der Waals surface area contributed by atoms with Crippen molar-refractivity contribution >= 4 is 10.0 Å². The smallest absolute Gasteiger partial charge is 0.207 e. The summed E-state index contributed by atoms with van der Waals surface area (Å²) in [5.74, 6) is -0.723. The predicted octanol–water partition coefficient (Wildman–Crippen LogP) is 1.69. The summed E-state index contributed by atoms with van der Waals surface area (Å²) in [6.45, 7) is 0. The van der Waals surface area contributed by atoms with E-state index in [-0.39, 0.29) is 16.5 Å². The average Bonchev–Trinajstić information content (AvgIpc) is 2.81. The molecule has 1 N–H and O–H groups in total. The van der Waals surface area contributed by atoms with Crippen LogP contribution in [0.2, 0.25) is 0 Å². The molecule has 0 fully saturated rings. The molecule has 0 unspecified atom stereocenters. The Bertz CT molecular complexity index is 624. The first-order chi connectivity index (χ1) is 8.53. The number of hydrogen-bond acceptors (Lipinski definition) is 3. The molecule has 6 heteroatoms. The quantitative estimate of drug-likeness (QED) is 0.846. The number of nitrogens with zero attached hydrogens (tertiary/aromatic N) is 1. The van der Waals surface area contributed by atoms with E-state index in [0.717, 1.165) is 18.2 Å². The Balaban J connectivity index is 2.27. The van der Waals surface area contributed by atoms with Crippen molar-refractivity contribution < 1.29 is 12.8 Å². The van der Waals surface area contributed by atoms with Crippen LogP contribution in [0.15, 0.2) is 35.2 Å². The van der Waals surface area contributed by atoms with Crippen LogP contribution in [0, 0.1) is 17.1 Å². The topological polar surface area (TPSA) is 70.0 Å². The van der Waals surface area contributed by atoms with E-state index in [4.69, 9.17) is 5.26 Å². The Morgan fingerprint density at radius 2 is 2.00 bits per heavy atom. The summed E-state index contributed by atoms with van der Waals surface area (Å²) < 4.78 is 39.6. The van der Waals surface area contributed by atoms with E-state index in [1.807, 2.05) is 12.2 Å². The van der Waals surface area contributed by atoms with Crippen molar-refractivity contribution in [3.05, 3.63) is 41.7 Å². The third kappa shape index (κ3) is 2.58. The number of nitrogens with one attached hydrogen (secondary N) is 1. The van der Waals surface area contributed by atoms with Gasteiger partial charge < -0.3 is 0 Å². The summed E-state index contributed by atoms with van der Waals surface area (Å²) in [4.78, 5) is -0.0904. The van der Waals surface area contributed by atoms with Gasteiger partial charge in [0.2, 0.25) is 10.0 Å². The van der Waals surface area contributed by atoms with Crippen molar-refractivity contribution in [1.82, 2.24) is 4.72 Å². The maximum absolute atomic E-state index is 13.1. The third-order valence-corrected chi connectivity index (χ3v) is 4.22. The molecule has 0 saturated heterocycles. The van der Waals surface area contributed by atoms with Crippen molar-refractivity contribution in [3.63, 3.8) is 0 Å². The highest BCUT2D eigenvalue weighted by atomic mass is 32.2. The van der Waals surface area contributed by atoms with Crippen molar-refractivity contribution in [2.24, 2.45) is 0 Å². The van der Waals surface area contributed by atoms with Crippen LogP contribution in [-0.2, 0) is 10.0 Å². The second kappa shape index (κ2) is 4.88. The molecule has 0 aliphatic heterocycles. The van der Waals surface area contributed by atoms with E-state index in [1.165, 1.54) is 0 Å². The van der Waals surface area contributed by atoms with Gasteiger partial charge in [0.25, 0.3) is 0 Å². The van der Waals surface area contributed by atoms with Crippen LogP contribution in [0.5, 0.6) is 0 Å². The lowest BCUT2D eigenvalue weighted by atomic mass is 10.2. The van der Waals surface area contributed by atoms with Crippen molar-refractivity contribution in [3.8, 4) is 6.07 Å². The van der Waals surface area contributed by atoms with Crippen LogP contribution >= 0.6 is 0 Å². The molecule has 0 aromatic heterocycles. The number of benzene rings is 1. The number of rotatable bonds is 3. The van der Waals surface area contributed by atoms with E-state index in [2.05, 4.69) is 4.72 Å². The van der Waals surface area contributed by atoms with Crippen LogP contribution in [0.25, 0.3) is 0 Å². The first kappa shape index (κ1) is 12.7. The number of halogens is 1. The summed E-state index contributed by atoms with van der Waals surface area (Å²) in [5.41, 5.74) is -0.276. The zero-order valence-electron chi connectivity index (χ0n) is 9.43. The van der Waals surface area contributed by atoms with Gasteiger partial charge in [0.05, 0.1) is 10.5 Å². The SMILES string of the molecule is N#Cc1cc(S(=O)(=O)NC2CC=CC2)ccc1F. The average molecular weight is 266 g/mol. The lowest BCUT2D eigenvalue weighted by molar-refractivity contribution is 0.557. The van der Waals surface area contributed by atoms with Crippen LogP contribution in [0.3, 0.4) is 0 Å². The maximum Gasteiger partial charge on any atom is 0.240 e. The Hall–Kier alpha value is -1.71. The van der Waals surface area contributed by atoms with Crippen molar-refractivity contribution in [2.75, 3.05) is 0 Å². The number of nitriles is 1. The molecule has 1 aromatic carbocycles. The van der Waals surface area contributed by atoms with Crippen LogP contribution in [-0.4, -0.2) is 14.5 Å². The third-order valence-electron chi connectivity index (χ3n) is 2.70. The summed E-state index contributed by atoms with van der Waals surface area (Å²) in [6, 6.07) is 4.64. The Labute approximate surface area is 105 Å². The monoisotopic (exact) mass is 266 g/mol. The molecule has 1 aromatic rings.